The van der Waals surface area contributed by atoms with Crippen LogP contribution in [0, 0.1) is 17.0 Å². The highest BCUT2D eigenvalue weighted by Gasteiger charge is 2.09. The van der Waals surface area contributed by atoms with Gasteiger partial charge in [-0.05, 0) is 30.7 Å². The summed E-state index contributed by atoms with van der Waals surface area (Å²) in [4.78, 5) is 26.2. The number of carbonyl (C=O) groups is 1. The lowest BCUT2D eigenvalue weighted by molar-refractivity contribution is -0.385. The van der Waals surface area contributed by atoms with E-state index in [0.717, 1.165) is 5.56 Å². The van der Waals surface area contributed by atoms with Crippen LogP contribution in [0.5, 0.6) is 0 Å². The van der Waals surface area contributed by atoms with Gasteiger partial charge in [-0.2, -0.15) is 0 Å². The molecule has 1 aromatic heterocycles. The molecule has 0 fully saturated rings. The second-order valence-corrected chi connectivity index (χ2v) is 4.36. The van der Waals surface area contributed by atoms with Gasteiger partial charge in [-0.25, -0.2) is 4.98 Å². The fourth-order valence-electron chi connectivity index (χ4n) is 1.67. The average molecular weight is 283 g/mol. The van der Waals surface area contributed by atoms with E-state index in [1.165, 1.54) is 18.2 Å². The summed E-state index contributed by atoms with van der Waals surface area (Å²) in [7, 11) is 0. The summed E-state index contributed by atoms with van der Waals surface area (Å²) in [5, 5.41) is 13.4. The van der Waals surface area contributed by atoms with Gasteiger partial charge in [-0.15, -0.1) is 0 Å². The molecule has 1 N–H and O–H groups in total. The molecule has 0 saturated carbocycles. The predicted molar refractivity (Wildman–Crippen MR) is 79.7 cm³/mol. The molecule has 6 heteroatoms. The maximum absolute atomic E-state index is 11.7. The molecule has 2 aromatic rings. The first-order valence-electron chi connectivity index (χ1n) is 6.21. The van der Waals surface area contributed by atoms with Crippen molar-refractivity contribution in [1.82, 2.24) is 4.98 Å². The van der Waals surface area contributed by atoms with Crippen LogP contribution in [0.15, 0.2) is 48.7 Å². The first-order valence-corrected chi connectivity index (χ1v) is 6.21. The molecule has 106 valence electrons. The maximum Gasteiger partial charge on any atom is 0.276 e. The predicted octanol–water partition coefficient (Wildman–Crippen LogP) is 2.95. The molecule has 6 nitrogen and oxygen atoms in total. The minimum atomic E-state index is -0.487. The topological polar surface area (TPSA) is 85.1 Å². The van der Waals surface area contributed by atoms with Crippen LogP contribution < -0.4 is 5.32 Å². The van der Waals surface area contributed by atoms with Gasteiger partial charge in [0.05, 0.1) is 10.5 Å². The zero-order chi connectivity index (χ0) is 15.2. The van der Waals surface area contributed by atoms with Gasteiger partial charge in [-0.3, -0.25) is 14.9 Å². The third kappa shape index (κ3) is 3.97. The summed E-state index contributed by atoms with van der Waals surface area (Å²) < 4.78 is 0. The van der Waals surface area contributed by atoms with Crippen molar-refractivity contribution in [3.8, 4) is 0 Å². The van der Waals surface area contributed by atoms with E-state index in [0.29, 0.717) is 11.4 Å². The molecule has 2 rings (SSSR count). The quantitative estimate of drug-likeness (QED) is 0.531. The van der Waals surface area contributed by atoms with Gasteiger partial charge in [0.2, 0.25) is 5.91 Å². The normalized spacial score (nSPS) is 10.5. The molecule has 0 unspecified atom stereocenters. The lowest BCUT2D eigenvalue weighted by atomic mass is 10.1. The van der Waals surface area contributed by atoms with Gasteiger partial charge in [0.1, 0.15) is 5.82 Å². The third-order valence-electron chi connectivity index (χ3n) is 2.71. The number of pyridine rings is 1. The third-order valence-corrected chi connectivity index (χ3v) is 2.71. The number of aromatic nitrogens is 1. The second-order valence-electron chi connectivity index (χ2n) is 4.36. The molecule has 0 bridgehead atoms. The van der Waals surface area contributed by atoms with Crippen LogP contribution in [-0.4, -0.2) is 15.8 Å². The van der Waals surface area contributed by atoms with Crippen LogP contribution in [0.4, 0.5) is 11.5 Å². The number of para-hydroxylation sites is 1. The van der Waals surface area contributed by atoms with E-state index < -0.39 is 10.8 Å². The highest BCUT2D eigenvalue weighted by atomic mass is 16.6. The highest BCUT2D eigenvalue weighted by Crippen LogP contribution is 2.18. The van der Waals surface area contributed by atoms with Crippen molar-refractivity contribution < 1.29 is 9.72 Å². The summed E-state index contributed by atoms with van der Waals surface area (Å²) >= 11 is 0. The number of amides is 1. The van der Waals surface area contributed by atoms with Crippen molar-refractivity contribution in [3.05, 3.63) is 69.9 Å². The van der Waals surface area contributed by atoms with Gasteiger partial charge in [0.25, 0.3) is 5.69 Å². The number of benzene rings is 1. The van der Waals surface area contributed by atoms with E-state index in [9.17, 15) is 14.9 Å². The molecule has 0 atom stereocenters. The summed E-state index contributed by atoms with van der Waals surface area (Å²) in [6.07, 6.45) is 4.28. The Kier molecular flexibility index (Phi) is 4.40. The van der Waals surface area contributed by atoms with E-state index in [2.05, 4.69) is 10.3 Å². The van der Waals surface area contributed by atoms with Crippen molar-refractivity contribution in [3.63, 3.8) is 0 Å². The molecular weight excluding hydrogens is 270 g/mol. The minimum absolute atomic E-state index is 0.0463. The number of rotatable bonds is 4. The summed E-state index contributed by atoms with van der Waals surface area (Å²) in [6.45, 7) is 1.90. The van der Waals surface area contributed by atoms with Crippen LogP contribution >= 0.6 is 0 Å². The maximum atomic E-state index is 11.7. The Morgan fingerprint density at radius 3 is 2.71 bits per heavy atom. The molecule has 1 heterocycles. The number of nitro benzene ring substituents is 1. The number of hydrogen-bond acceptors (Lipinski definition) is 4. The van der Waals surface area contributed by atoms with E-state index in [-0.39, 0.29) is 5.69 Å². The van der Waals surface area contributed by atoms with Crippen molar-refractivity contribution in [2.45, 2.75) is 6.92 Å². The SMILES string of the molecule is Cc1ccc(NC(=O)/C=C/c2ccccc2[N+](=O)[O-])nc1. The average Bonchev–Trinajstić information content (AvgIpc) is 2.48. The Balaban J connectivity index is 2.09. The van der Waals surface area contributed by atoms with Gasteiger partial charge in [-0.1, -0.05) is 18.2 Å². The van der Waals surface area contributed by atoms with E-state index in [1.54, 1.807) is 30.5 Å². The molecule has 0 aliphatic carbocycles. The molecule has 0 saturated heterocycles. The number of carbonyl (C=O) groups excluding carboxylic acids is 1. The van der Waals surface area contributed by atoms with Crippen LogP contribution in [0.2, 0.25) is 0 Å². The van der Waals surface area contributed by atoms with Crippen LogP contribution in [0.3, 0.4) is 0 Å². The van der Waals surface area contributed by atoms with E-state index in [4.69, 9.17) is 0 Å². The number of aryl methyl sites for hydroxylation is 1. The number of nitrogens with zero attached hydrogens (tertiary/aromatic N) is 2. The molecule has 21 heavy (non-hydrogen) atoms. The van der Waals surface area contributed by atoms with Gasteiger partial charge in [0, 0.05) is 18.3 Å². The van der Waals surface area contributed by atoms with Gasteiger partial charge < -0.3 is 5.32 Å². The van der Waals surface area contributed by atoms with Gasteiger partial charge in [0.15, 0.2) is 0 Å². The summed E-state index contributed by atoms with van der Waals surface area (Å²) in [5.41, 5.74) is 1.31. The Labute approximate surface area is 121 Å². The second kappa shape index (κ2) is 6.42. The molecule has 1 aromatic carbocycles. The number of nitro groups is 1. The van der Waals surface area contributed by atoms with E-state index in [1.807, 2.05) is 13.0 Å². The standard InChI is InChI=1S/C15H13N3O3/c1-11-6-8-14(16-10-11)17-15(19)9-7-12-4-2-3-5-13(12)18(20)21/h2-10H,1H3,(H,16,17,19)/b9-7+. The minimum Gasteiger partial charge on any atom is -0.307 e. The van der Waals surface area contributed by atoms with Crippen molar-refractivity contribution in [2.24, 2.45) is 0 Å². The molecular formula is C15H13N3O3. The van der Waals surface area contributed by atoms with Crippen LogP contribution in [-0.2, 0) is 4.79 Å². The van der Waals surface area contributed by atoms with Gasteiger partial charge >= 0.3 is 0 Å². The highest BCUT2D eigenvalue weighted by molar-refractivity contribution is 6.01. The van der Waals surface area contributed by atoms with Crippen molar-refractivity contribution in [2.75, 3.05) is 5.32 Å². The largest absolute Gasteiger partial charge is 0.307 e. The first kappa shape index (κ1) is 14.4. The van der Waals surface area contributed by atoms with E-state index >= 15 is 0 Å². The van der Waals surface area contributed by atoms with Crippen molar-refractivity contribution in [1.29, 1.82) is 0 Å². The summed E-state index contributed by atoms with van der Waals surface area (Å²) in [5.74, 6) is 0.0299. The zero-order valence-electron chi connectivity index (χ0n) is 11.3. The fourth-order valence-corrected chi connectivity index (χ4v) is 1.67. The first-order chi connectivity index (χ1) is 10.1. The van der Waals surface area contributed by atoms with Crippen molar-refractivity contribution >= 4 is 23.5 Å². The number of nitrogens with one attached hydrogen (secondary N) is 1. The Morgan fingerprint density at radius 2 is 2.05 bits per heavy atom. The molecule has 0 radical (unpaired) electrons. The Bertz CT molecular complexity index is 694. The Hall–Kier alpha value is -3.02. The smallest absolute Gasteiger partial charge is 0.276 e. The number of hydrogen-bond donors (Lipinski definition) is 1. The molecule has 0 aliphatic rings. The molecule has 1 amide bonds. The Morgan fingerprint density at radius 1 is 1.29 bits per heavy atom. The van der Waals surface area contributed by atoms with Crippen LogP contribution in [0.1, 0.15) is 11.1 Å². The number of anilines is 1. The lowest BCUT2D eigenvalue weighted by Crippen LogP contribution is -2.09. The zero-order valence-corrected chi connectivity index (χ0v) is 11.3. The molecule has 0 aliphatic heterocycles. The lowest BCUT2D eigenvalue weighted by Gasteiger charge is -2.01. The fraction of sp³-hybridized carbons (Fsp3) is 0.0667. The molecule has 0 spiro atoms. The van der Waals surface area contributed by atoms with Crippen LogP contribution in [0.25, 0.3) is 6.08 Å². The summed E-state index contributed by atoms with van der Waals surface area (Å²) in [6, 6.07) is 9.73. The monoisotopic (exact) mass is 283 g/mol.